The molecule has 1 atom stereocenters. The number of urea groups is 1. The number of anilines is 1. The molecule has 0 spiro atoms. The molecule has 0 unspecified atom stereocenters. The Labute approximate surface area is 232 Å². The van der Waals surface area contributed by atoms with Crippen molar-refractivity contribution in [3.8, 4) is 17.3 Å². The fourth-order valence-corrected chi connectivity index (χ4v) is 5.37. The number of halogens is 1. The van der Waals surface area contributed by atoms with Crippen molar-refractivity contribution in [3.05, 3.63) is 126 Å². The summed E-state index contributed by atoms with van der Waals surface area (Å²) >= 11 is 0. The van der Waals surface area contributed by atoms with Crippen LogP contribution in [0.1, 0.15) is 42.4 Å². The van der Waals surface area contributed by atoms with Crippen LogP contribution in [0.3, 0.4) is 0 Å². The number of hydrogen-bond acceptors (Lipinski definition) is 3. The lowest BCUT2D eigenvalue weighted by molar-refractivity contribution is 0.194. The number of aromatic nitrogens is 3. The molecule has 1 aliphatic heterocycles. The van der Waals surface area contributed by atoms with Crippen molar-refractivity contribution in [2.45, 2.75) is 32.9 Å². The molecule has 2 aromatic heterocycles. The maximum atomic E-state index is 14.6. The largest absolute Gasteiger partial charge is 0.494 e. The SMILES string of the molecule is CCOc1ccc(NC(=O)N2Cc3c(CC)nn(-c4ccccc4)c3-n3cccc3[C@H]2c2cccc(F)c2)cc1. The van der Waals surface area contributed by atoms with E-state index in [2.05, 4.69) is 16.8 Å². The van der Waals surface area contributed by atoms with Crippen LogP contribution in [0.25, 0.3) is 11.5 Å². The summed E-state index contributed by atoms with van der Waals surface area (Å²) in [6, 6.07) is 26.8. The lowest BCUT2D eigenvalue weighted by atomic mass is 10.0. The maximum Gasteiger partial charge on any atom is 0.322 e. The third-order valence-electron chi connectivity index (χ3n) is 7.15. The van der Waals surface area contributed by atoms with Crippen molar-refractivity contribution in [1.29, 1.82) is 0 Å². The van der Waals surface area contributed by atoms with Crippen LogP contribution in [0.5, 0.6) is 5.75 Å². The molecule has 3 heterocycles. The van der Waals surface area contributed by atoms with Crippen LogP contribution in [0.4, 0.5) is 14.9 Å². The number of aryl methyl sites for hydroxylation is 1. The normalized spacial score (nSPS) is 14.3. The van der Waals surface area contributed by atoms with E-state index in [1.807, 2.05) is 90.6 Å². The second kappa shape index (κ2) is 10.7. The van der Waals surface area contributed by atoms with Crippen molar-refractivity contribution < 1.29 is 13.9 Å². The molecular weight excluding hydrogens is 505 g/mol. The van der Waals surface area contributed by atoms with Crippen molar-refractivity contribution in [1.82, 2.24) is 19.2 Å². The van der Waals surface area contributed by atoms with Gasteiger partial charge < -0.3 is 19.5 Å². The average Bonchev–Trinajstić information content (AvgIpc) is 3.55. The fourth-order valence-electron chi connectivity index (χ4n) is 5.37. The first-order valence-corrected chi connectivity index (χ1v) is 13.5. The van der Waals surface area contributed by atoms with Gasteiger partial charge in [-0.15, -0.1) is 0 Å². The third-order valence-corrected chi connectivity index (χ3v) is 7.15. The first kappa shape index (κ1) is 25.4. The molecule has 0 fully saturated rings. The summed E-state index contributed by atoms with van der Waals surface area (Å²) in [7, 11) is 0. The van der Waals surface area contributed by atoms with E-state index in [9.17, 15) is 9.18 Å². The Morgan fingerprint density at radius 2 is 1.80 bits per heavy atom. The molecule has 6 rings (SSSR count). The minimum absolute atomic E-state index is 0.289. The van der Waals surface area contributed by atoms with Crippen LogP contribution in [0.15, 0.2) is 97.2 Å². The number of ether oxygens (including phenoxy) is 1. The first-order valence-electron chi connectivity index (χ1n) is 13.5. The van der Waals surface area contributed by atoms with Crippen LogP contribution in [0.2, 0.25) is 0 Å². The van der Waals surface area contributed by atoms with Gasteiger partial charge in [0.25, 0.3) is 0 Å². The van der Waals surface area contributed by atoms with Gasteiger partial charge in [-0.3, -0.25) is 0 Å². The molecule has 8 heteroatoms. The second-order valence-corrected chi connectivity index (χ2v) is 9.63. The van der Waals surface area contributed by atoms with E-state index in [1.165, 1.54) is 12.1 Å². The van der Waals surface area contributed by atoms with Gasteiger partial charge in [0.05, 0.1) is 36.3 Å². The summed E-state index contributed by atoms with van der Waals surface area (Å²) < 4.78 is 24.1. The first-order chi connectivity index (χ1) is 19.6. The molecular formula is C32H30FN5O2. The number of carbonyl (C=O) groups excluding carboxylic acids is 1. The molecule has 0 radical (unpaired) electrons. The predicted octanol–water partition coefficient (Wildman–Crippen LogP) is 6.90. The summed E-state index contributed by atoms with van der Waals surface area (Å²) in [4.78, 5) is 15.8. The van der Waals surface area contributed by atoms with Gasteiger partial charge in [-0.25, -0.2) is 13.9 Å². The molecule has 0 aliphatic carbocycles. The van der Waals surface area contributed by atoms with Gasteiger partial charge in [0.1, 0.15) is 17.4 Å². The number of para-hydroxylation sites is 1. The zero-order chi connectivity index (χ0) is 27.6. The molecule has 202 valence electrons. The number of benzene rings is 3. The molecule has 3 aromatic carbocycles. The Balaban J connectivity index is 1.50. The Hall–Kier alpha value is -4.85. The highest BCUT2D eigenvalue weighted by molar-refractivity contribution is 5.90. The van der Waals surface area contributed by atoms with E-state index in [1.54, 1.807) is 11.0 Å². The Morgan fingerprint density at radius 1 is 1.00 bits per heavy atom. The zero-order valence-electron chi connectivity index (χ0n) is 22.4. The maximum absolute atomic E-state index is 14.6. The monoisotopic (exact) mass is 535 g/mol. The zero-order valence-corrected chi connectivity index (χ0v) is 22.4. The van der Waals surface area contributed by atoms with Crippen LogP contribution in [0, 0.1) is 5.82 Å². The Bertz CT molecular complexity index is 1640. The van der Waals surface area contributed by atoms with Gasteiger partial charge in [0, 0.05) is 17.4 Å². The van der Waals surface area contributed by atoms with E-state index in [0.29, 0.717) is 24.3 Å². The Kier molecular flexibility index (Phi) is 6.82. The quantitative estimate of drug-likeness (QED) is 0.257. The van der Waals surface area contributed by atoms with Gasteiger partial charge in [0.2, 0.25) is 0 Å². The molecule has 2 amide bonds. The summed E-state index contributed by atoms with van der Waals surface area (Å²) in [5, 5.41) is 8.04. The summed E-state index contributed by atoms with van der Waals surface area (Å²) in [6.45, 7) is 4.84. The van der Waals surface area contributed by atoms with E-state index in [-0.39, 0.29) is 18.4 Å². The molecule has 0 saturated carbocycles. The van der Waals surface area contributed by atoms with Crippen molar-refractivity contribution in [2.24, 2.45) is 0 Å². The lowest BCUT2D eigenvalue weighted by Crippen LogP contribution is -2.38. The molecule has 1 N–H and O–H groups in total. The van der Waals surface area contributed by atoms with Crippen molar-refractivity contribution >= 4 is 11.7 Å². The van der Waals surface area contributed by atoms with Crippen LogP contribution in [-0.4, -0.2) is 31.9 Å². The van der Waals surface area contributed by atoms with Crippen LogP contribution < -0.4 is 10.1 Å². The number of rotatable bonds is 6. The minimum atomic E-state index is -0.547. The molecule has 1 aliphatic rings. The molecule has 40 heavy (non-hydrogen) atoms. The number of nitrogens with one attached hydrogen (secondary N) is 1. The van der Waals surface area contributed by atoms with E-state index >= 15 is 0 Å². The van der Waals surface area contributed by atoms with E-state index in [4.69, 9.17) is 9.84 Å². The van der Waals surface area contributed by atoms with Gasteiger partial charge in [-0.1, -0.05) is 37.3 Å². The lowest BCUT2D eigenvalue weighted by Gasteiger charge is -2.31. The number of fused-ring (bicyclic) bond motifs is 3. The minimum Gasteiger partial charge on any atom is -0.494 e. The number of amides is 2. The standard InChI is InChI=1S/C32H30FN5O2/c1-3-28-27-21-37(32(39)34-24-15-17-26(18-16-24)40-4-2)30(22-10-8-11-23(33)20-22)29-14-9-19-36(29)31(27)38(35-28)25-12-6-5-7-13-25/h5-20,30H,3-4,21H2,1-2H3,(H,34,39)/t30-/m1/s1. The van der Waals surface area contributed by atoms with E-state index in [0.717, 1.165) is 34.2 Å². The smallest absolute Gasteiger partial charge is 0.322 e. The summed E-state index contributed by atoms with van der Waals surface area (Å²) in [5.74, 6) is 1.26. The van der Waals surface area contributed by atoms with Crippen molar-refractivity contribution in [3.63, 3.8) is 0 Å². The van der Waals surface area contributed by atoms with Crippen LogP contribution in [-0.2, 0) is 13.0 Å². The third kappa shape index (κ3) is 4.62. The van der Waals surface area contributed by atoms with Gasteiger partial charge in [0.15, 0.2) is 0 Å². The number of nitrogens with zero attached hydrogens (tertiary/aromatic N) is 4. The highest BCUT2D eigenvalue weighted by Gasteiger charge is 2.36. The summed E-state index contributed by atoms with van der Waals surface area (Å²) in [5.41, 5.74) is 4.94. The predicted molar refractivity (Wildman–Crippen MR) is 153 cm³/mol. The highest BCUT2D eigenvalue weighted by atomic mass is 19.1. The molecule has 5 aromatic rings. The number of carbonyl (C=O) groups is 1. The topological polar surface area (TPSA) is 64.3 Å². The molecule has 0 bridgehead atoms. The summed E-state index contributed by atoms with van der Waals surface area (Å²) in [6.07, 6.45) is 2.67. The van der Waals surface area contributed by atoms with Gasteiger partial charge in [-0.05, 0) is 79.6 Å². The highest BCUT2D eigenvalue weighted by Crippen LogP contribution is 2.39. The fraction of sp³-hybridized carbons (Fsp3) is 0.188. The van der Waals surface area contributed by atoms with Crippen molar-refractivity contribution in [2.75, 3.05) is 11.9 Å². The van der Waals surface area contributed by atoms with Crippen LogP contribution >= 0.6 is 0 Å². The van der Waals surface area contributed by atoms with Gasteiger partial charge >= 0.3 is 6.03 Å². The number of hydrogen-bond donors (Lipinski definition) is 1. The van der Waals surface area contributed by atoms with E-state index < -0.39 is 6.04 Å². The van der Waals surface area contributed by atoms with Gasteiger partial charge in [-0.2, -0.15) is 5.10 Å². The molecule has 7 nitrogen and oxygen atoms in total. The average molecular weight is 536 g/mol. The second-order valence-electron chi connectivity index (χ2n) is 9.63. The molecule has 0 saturated heterocycles. The Morgan fingerprint density at radius 3 is 2.52 bits per heavy atom.